The number of anilines is 1. The molecule has 0 saturated heterocycles. The molecule has 13 heavy (non-hydrogen) atoms. The Morgan fingerprint density at radius 1 is 1.69 bits per heavy atom. The third kappa shape index (κ3) is 3.50. The zero-order valence-electron chi connectivity index (χ0n) is 7.36. The molecule has 1 N–H and O–H groups in total. The molecule has 0 amide bonds. The molecule has 0 bridgehead atoms. The monoisotopic (exact) mass is 181 g/mol. The Morgan fingerprint density at radius 2 is 2.54 bits per heavy atom. The smallest absolute Gasteiger partial charge is 0.307 e. The molecule has 0 spiro atoms. The summed E-state index contributed by atoms with van der Waals surface area (Å²) in [5, 5.41) is 10.4. The van der Waals surface area contributed by atoms with Crippen LogP contribution in [-0.2, 0) is 9.53 Å². The number of nitrogens with one attached hydrogen (secondary N) is 1. The summed E-state index contributed by atoms with van der Waals surface area (Å²) in [6, 6.07) is 3.55. The van der Waals surface area contributed by atoms with E-state index < -0.39 is 0 Å². The van der Waals surface area contributed by atoms with Crippen molar-refractivity contribution >= 4 is 11.8 Å². The number of carbonyl (C=O) groups is 1. The SMILES string of the molecule is COC(=O)CCNc1cccnn1. The van der Waals surface area contributed by atoms with Crippen LogP contribution in [0, 0.1) is 0 Å². The molecule has 1 aromatic rings. The Hall–Kier alpha value is -1.65. The molecule has 0 aromatic carbocycles. The summed E-state index contributed by atoms with van der Waals surface area (Å²) in [5.41, 5.74) is 0. The summed E-state index contributed by atoms with van der Waals surface area (Å²) in [6.07, 6.45) is 1.92. The largest absolute Gasteiger partial charge is 0.469 e. The lowest BCUT2D eigenvalue weighted by Gasteiger charge is -2.02. The molecular weight excluding hydrogens is 170 g/mol. The number of methoxy groups -OCH3 is 1. The molecule has 5 heteroatoms. The van der Waals surface area contributed by atoms with Crippen molar-refractivity contribution in [2.75, 3.05) is 19.0 Å². The number of hydrogen-bond donors (Lipinski definition) is 1. The highest BCUT2D eigenvalue weighted by Crippen LogP contribution is 1.97. The van der Waals surface area contributed by atoms with Gasteiger partial charge in [0.25, 0.3) is 0 Å². The summed E-state index contributed by atoms with van der Waals surface area (Å²) in [5.74, 6) is 0.419. The highest BCUT2D eigenvalue weighted by molar-refractivity contribution is 5.69. The number of rotatable bonds is 4. The Kier molecular flexibility index (Phi) is 3.69. The van der Waals surface area contributed by atoms with Crippen LogP contribution in [0.3, 0.4) is 0 Å². The number of aromatic nitrogens is 2. The van der Waals surface area contributed by atoms with Gasteiger partial charge in [0.05, 0.1) is 13.5 Å². The van der Waals surface area contributed by atoms with Crippen LogP contribution in [0.2, 0.25) is 0 Å². The molecule has 70 valence electrons. The third-order valence-electron chi connectivity index (χ3n) is 1.44. The van der Waals surface area contributed by atoms with Gasteiger partial charge in [0.1, 0.15) is 5.82 Å². The second kappa shape index (κ2) is 5.08. The maximum absolute atomic E-state index is 10.7. The van der Waals surface area contributed by atoms with Gasteiger partial charge in [0.15, 0.2) is 0 Å². The fourth-order valence-corrected chi connectivity index (χ4v) is 0.791. The van der Waals surface area contributed by atoms with Crippen molar-refractivity contribution in [1.82, 2.24) is 10.2 Å². The Bertz CT molecular complexity index is 263. The number of esters is 1. The lowest BCUT2D eigenvalue weighted by molar-refractivity contribution is -0.140. The maximum atomic E-state index is 10.7. The highest BCUT2D eigenvalue weighted by atomic mass is 16.5. The Balaban J connectivity index is 2.24. The van der Waals surface area contributed by atoms with Crippen LogP contribution >= 0.6 is 0 Å². The molecule has 0 radical (unpaired) electrons. The van der Waals surface area contributed by atoms with E-state index >= 15 is 0 Å². The molecule has 0 fully saturated rings. The first-order chi connectivity index (χ1) is 6.33. The zero-order valence-corrected chi connectivity index (χ0v) is 7.36. The van der Waals surface area contributed by atoms with Crippen LogP contribution < -0.4 is 5.32 Å². The lowest BCUT2D eigenvalue weighted by atomic mass is 10.4. The first-order valence-electron chi connectivity index (χ1n) is 3.91. The van der Waals surface area contributed by atoms with Gasteiger partial charge in [-0.05, 0) is 12.1 Å². The summed E-state index contributed by atoms with van der Waals surface area (Å²) in [4.78, 5) is 10.7. The van der Waals surface area contributed by atoms with Crippen molar-refractivity contribution in [3.63, 3.8) is 0 Å². The summed E-state index contributed by atoms with van der Waals surface area (Å²) >= 11 is 0. The predicted molar refractivity (Wildman–Crippen MR) is 47.2 cm³/mol. The summed E-state index contributed by atoms with van der Waals surface area (Å²) < 4.78 is 4.47. The second-order valence-electron chi connectivity index (χ2n) is 2.36. The first-order valence-corrected chi connectivity index (χ1v) is 3.91. The van der Waals surface area contributed by atoms with Crippen LogP contribution in [0.15, 0.2) is 18.3 Å². The molecule has 1 aromatic heterocycles. The summed E-state index contributed by atoms with van der Waals surface area (Å²) in [6.45, 7) is 0.505. The fourth-order valence-electron chi connectivity index (χ4n) is 0.791. The summed E-state index contributed by atoms with van der Waals surface area (Å²) in [7, 11) is 1.37. The van der Waals surface area contributed by atoms with E-state index in [1.54, 1.807) is 18.3 Å². The van der Waals surface area contributed by atoms with Gasteiger partial charge in [0, 0.05) is 12.7 Å². The molecule has 0 saturated carbocycles. The minimum atomic E-state index is -0.239. The second-order valence-corrected chi connectivity index (χ2v) is 2.36. The van der Waals surface area contributed by atoms with Gasteiger partial charge < -0.3 is 10.1 Å². The Labute approximate surface area is 76.1 Å². The van der Waals surface area contributed by atoms with E-state index in [9.17, 15) is 4.79 Å². The van der Waals surface area contributed by atoms with E-state index in [4.69, 9.17) is 0 Å². The number of hydrogen-bond acceptors (Lipinski definition) is 5. The number of ether oxygens (including phenoxy) is 1. The molecular formula is C8H11N3O2. The average molecular weight is 181 g/mol. The highest BCUT2D eigenvalue weighted by Gasteiger charge is 1.98. The standard InChI is InChI=1S/C8H11N3O2/c1-13-8(12)4-6-9-7-3-2-5-10-11-7/h2-3,5H,4,6H2,1H3,(H,9,11). The number of nitrogens with zero attached hydrogens (tertiary/aromatic N) is 2. The minimum Gasteiger partial charge on any atom is -0.469 e. The molecule has 0 aliphatic rings. The number of carbonyl (C=O) groups excluding carboxylic acids is 1. The van der Waals surface area contributed by atoms with E-state index in [0.717, 1.165) is 0 Å². The van der Waals surface area contributed by atoms with Crippen LogP contribution in [0.1, 0.15) is 6.42 Å². The van der Waals surface area contributed by atoms with Gasteiger partial charge in [-0.1, -0.05) is 0 Å². The van der Waals surface area contributed by atoms with Gasteiger partial charge in [-0.2, -0.15) is 5.10 Å². The van der Waals surface area contributed by atoms with Crippen molar-refractivity contribution in [2.24, 2.45) is 0 Å². The van der Waals surface area contributed by atoms with Gasteiger partial charge in [-0.15, -0.1) is 5.10 Å². The molecule has 0 atom stereocenters. The first kappa shape index (κ1) is 9.44. The normalized spacial score (nSPS) is 9.31. The molecule has 0 aliphatic carbocycles. The lowest BCUT2D eigenvalue weighted by Crippen LogP contribution is -2.10. The third-order valence-corrected chi connectivity index (χ3v) is 1.44. The van der Waals surface area contributed by atoms with Crippen molar-refractivity contribution in [3.8, 4) is 0 Å². The van der Waals surface area contributed by atoms with Gasteiger partial charge in [-0.3, -0.25) is 4.79 Å². The van der Waals surface area contributed by atoms with E-state index in [-0.39, 0.29) is 5.97 Å². The van der Waals surface area contributed by atoms with Crippen LogP contribution in [0.5, 0.6) is 0 Å². The van der Waals surface area contributed by atoms with E-state index in [2.05, 4.69) is 20.3 Å². The molecule has 0 aliphatic heterocycles. The van der Waals surface area contributed by atoms with Crippen LogP contribution in [-0.4, -0.2) is 29.8 Å². The van der Waals surface area contributed by atoms with Crippen molar-refractivity contribution in [3.05, 3.63) is 18.3 Å². The predicted octanol–water partition coefficient (Wildman–Crippen LogP) is 0.452. The minimum absolute atomic E-state index is 0.239. The molecule has 1 heterocycles. The average Bonchev–Trinajstić information content (AvgIpc) is 2.19. The van der Waals surface area contributed by atoms with Crippen LogP contribution in [0.4, 0.5) is 5.82 Å². The topological polar surface area (TPSA) is 64.1 Å². The zero-order chi connectivity index (χ0) is 9.52. The van der Waals surface area contributed by atoms with Gasteiger partial charge >= 0.3 is 5.97 Å². The van der Waals surface area contributed by atoms with Gasteiger partial charge in [-0.25, -0.2) is 0 Å². The molecule has 0 unspecified atom stereocenters. The van der Waals surface area contributed by atoms with E-state index in [1.165, 1.54) is 7.11 Å². The fraction of sp³-hybridized carbons (Fsp3) is 0.375. The van der Waals surface area contributed by atoms with Gasteiger partial charge in [0.2, 0.25) is 0 Å². The molecule has 5 nitrogen and oxygen atoms in total. The van der Waals surface area contributed by atoms with Crippen LogP contribution in [0.25, 0.3) is 0 Å². The van der Waals surface area contributed by atoms with Crippen molar-refractivity contribution in [2.45, 2.75) is 6.42 Å². The Morgan fingerprint density at radius 3 is 3.15 bits per heavy atom. The van der Waals surface area contributed by atoms with E-state index in [0.29, 0.717) is 18.8 Å². The quantitative estimate of drug-likeness (QED) is 0.683. The molecule has 1 rings (SSSR count). The maximum Gasteiger partial charge on any atom is 0.307 e. The van der Waals surface area contributed by atoms with E-state index in [1.807, 2.05) is 0 Å². The van der Waals surface area contributed by atoms with Crippen molar-refractivity contribution in [1.29, 1.82) is 0 Å². The van der Waals surface area contributed by atoms with Crippen molar-refractivity contribution < 1.29 is 9.53 Å².